The van der Waals surface area contributed by atoms with Crippen molar-refractivity contribution in [3.05, 3.63) is 54.0 Å². The molecule has 3 N–H and O–H groups in total. The van der Waals surface area contributed by atoms with E-state index in [0.717, 1.165) is 54.2 Å². The lowest BCUT2D eigenvalue weighted by Crippen LogP contribution is -2.39. The number of rotatable bonds is 6. The summed E-state index contributed by atoms with van der Waals surface area (Å²) in [6.45, 7) is 4.44. The summed E-state index contributed by atoms with van der Waals surface area (Å²) in [5.74, 6) is 1.79. The number of benzene rings is 1. The number of imidazole rings is 1. The standard InChI is InChI=1S/C22H28N6O/c1-15(21-26-18-7-3-4-8-19(18)27(21)2)25-14-17-6-5-11-24-22(17)28-12-9-16(10-13-28)20(23)29/h3-8,11,15-16,25H,9-10,12-14H2,1-2H3,(H2,23,29). The molecule has 0 aliphatic carbocycles. The van der Waals surface area contributed by atoms with Crippen molar-refractivity contribution in [2.75, 3.05) is 18.0 Å². The molecule has 0 bridgehead atoms. The number of aromatic nitrogens is 3. The van der Waals surface area contributed by atoms with Crippen molar-refractivity contribution < 1.29 is 4.79 Å². The lowest BCUT2D eigenvalue weighted by molar-refractivity contribution is -0.122. The molecule has 1 fully saturated rings. The van der Waals surface area contributed by atoms with Crippen molar-refractivity contribution in [3.8, 4) is 0 Å². The number of nitrogens with two attached hydrogens (primary N) is 1. The van der Waals surface area contributed by atoms with E-state index in [4.69, 9.17) is 10.7 Å². The van der Waals surface area contributed by atoms with Crippen LogP contribution in [0.2, 0.25) is 0 Å². The Morgan fingerprint density at radius 1 is 1.24 bits per heavy atom. The number of pyridine rings is 1. The van der Waals surface area contributed by atoms with Gasteiger partial charge in [0.25, 0.3) is 0 Å². The van der Waals surface area contributed by atoms with Crippen LogP contribution in [0.25, 0.3) is 11.0 Å². The smallest absolute Gasteiger partial charge is 0.220 e. The number of piperidine rings is 1. The van der Waals surface area contributed by atoms with E-state index in [2.05, 4.69) is 45.9 Å². The maximum Gasteiger partial charge on any atom is 0.220 e. The molecule has 1 saturated heterocycles. The van der Waals surface area contributed by atoms with Gasteiger partial charge >= 0.3 is 0 Å². The highest BCUT2D eigenvalue weighted by Gasteiger charge is 2.25. The normalized spacial score (nSPS) is 16.3. The predicted octanol–water partition coefficient (Wildman–Crippen LogP) is 2.52. The van der Waals surface area contributed by atoms with Crippen LogP contribution in [0.1, 0.15) is 37.2 Å². The van der Waals surface area contributed by atoms with E-state index in [9.17, 15) is 4.79 Å². The summed E-state index contributed by atoms with van der Waals surface area (Å²) in [5, 5.41) is 3.60. The number of hydrogen-bond donors (Lipinski definition) is 2. The fraction of sp³-hybridized carbons (Fsp3) is 0.409. The van der Waals surface area contributed by atoms with Gasteiger partial charge in [0.15, 0.2) is 0 Å². The highest BCUT2D eigenvalue weighted by molar-refractivity contribution is 5.77. The zero-order chi connectivity index (χ0) is 20.4. The van der Waals surface area contributed by atoms with Gasteiger partial charge in [0, 0.05) is 44.4 Å². The molecule has 3 heterocycles. The van der Waals surface area contributed by atoms with Gasteiger partial charge in [-0.1, -0.05) is 18.2 Å². The molecule has 152 valence electrons. The first kappa shape index (κ1) is 19.4. The van der Waals surface area contributed by atoms with Crippen molar-refractivity contribution in [2.24, 2.45) is 18.7 Å². The van der Waals surface area contributed by atoms with Gasteiger partial charge in [-0.2, -0.15) is 0 Å². The van der Waals surface area contributed by atoms with Crippen molar-refractivity contribution >= 4 is 22.8 Å². The average molecular weight is 393 g/mol. The van der Waals surface area contributed by atoms with Crippen molar-refractivity contribution in [3.63, 3.8) is 0 Å². The number of para-hydroxylation sites is 2. The number of amides is 1. The molecule has 2 aromatic heterocycles. The van der Waals surface area contributed by atoms with Crippen molar-refractivity contribution in [1.29, 1.82) is 0 Å². The minimum atomic E-state index is -0.191. The van der Waals surface area contributed by atoms with Crippen LogP contribution in [-0.2, 0) is 18.4 Å². The van der Waals surface area contributed by atoms with Crippen LogP contribution in [0.3, 0.4) is 0 Å². The van der Waals surface area contributed by atoms with Gasteiger partial charge < -0.3 is 20.5 Å². The minimum Gasteiger partial charge on any atom is -0.369 e. The number of carbonyl (C=O) groups excluding carboxylic acids is 1. The van der Waals surface area contributed by atoms with Gasteiger partial charge in [0.1, 0.15) is 11.6 Å². The molecule has 0 radical (unpaired) electrons. The Hall–Kier alpha value is -2.93. The third-order valence-corrected chi connectivity index (χ3v) is 5.87. The fourth-order valence-electron chi connectivity index (χ4n) is 4.13. The van der Waals surface area contributed by atoms with E-state index in [1.165, 1.54) is 0 Å². The Labute approximate surface area is 170 Å². The number of fused-ring (bicyclic) bond motifs is 1. The highest BCUT2D eigenvalue weighted by Crippen LogP contribution is 2.25. The molecule has 7 nitrogen and oxygen atoms in total. The molecule has 0 spiro atoms. The maximum absolute atomic E-state index is 11.4. The average Bonchev–Trinajstić information content (AvgIpc) is 3.09. The SMILES string of the molecule is CC(NCc1cccnc1N1CCC(C(N)=O)CC1)c1nc2ccccc2n1C. The molecule has 1 unspecified atom stereocenters. The first-order chi connectivity index (χ1) is 14.0. The third kappa shape index (κ3) is 3.96. The van der Waals surface area contributed by atoms with E-state index >= 15 is 0 Å². The predicted molar refractivity (Wildman–Crippen MR) is 114 cm³/mol. The summed E-state index contributed by atoms with van der Waals surface area (Å²) in [4.78, 5) is 23.1. The molecule has 1 atom stereocenters. The van der Waals surface area contributed by atoms with Crippen molar-refractivity contribution in [2.45, 2.75) is 32.4 Å². The summed E-state index contributed by atoms with van der Waals surface area (Å²) in [7, 11) is 2.06. The zero-order valence-electron chi connectivity index (χ0n) is 17.0. The topological polar surface area (TPSA) is 89.1 Å². The second-order valence-electron chi connectivity index (χ2n) is 7.77. The zero-order valence-corrected chi connectivity index (χ0v) is 17.0. The molecule has 1 aliphatic heterocycles. The van der Waals surface area contributed by atoms with E-state index in [0.29, 0.717) is 6.54 Å². The Kier molecular flexibility index (Phi) is 5.49. The Morgan fingerprint density at radius 2 is 2.00 bits per heavy atom. The molecule has 1 aromatic carbocycles. The number of carbonyl (C=O) groups is 1. The van der Waals surface area contributed by atoms with Crippen molar-refractivity contribution in [1.82, 2.24) is 19.9 Å². The van der Waals surface area contributed by atoms with Gasteiger partial charge in [0.2, 0.25) is 5.91 Å². The van der Waals surface area contributed by atoms with Crippen LogP contribution in [0.4, 0.5) is 5.82 Å². The largest absolute Gasteiger partial charge is 0.369 e. The van der Waals surface area contributed by atoms with Gasteiger partial charge in [-0.15, -0.1) is 0 Å². The molecular weight excluding hydrogens is 364 g/mol. The number of aryl methyl sites for hydroxylation is 1. The number of primary amides is 1. The summed E-state index contributed by atoms with van der Waals surface area (Å²) in [6, 6.07) is 12.4. The van der Waals surface area contributed by atoms with Crippen LogP contribution in [0.5, 0.6) is 0 Å². The Bertz CT molecular complexity index is 1010. The Morgan fingerprint density at radius 3 is 2.72 bits per heavy atom. The van der Waals surface area contributed by atoms with Crippen LogP contribution in [0, 0.1) is 5.92 Å². The summed E-state index contributed by atoms with van der Waals surface area (Å²) >= 11 is 0. The number of nitrogens with zero attached hydrogens (tertiary/aromatic N) is 4. The molecule has 1 aliphatic rings. The van der Waals surface area contributed by atoms with Gasteiger partial charge in [-0.25, -0.2) is 9.97 Å². The molecule has 7 heteroatoms. The first-order valence-corrected chi connectivity index (χ1v) is 10.2. The van der Waals surface area contributed by atoms with Gasteiger partial charge in [0.05, 0.1) is 17.1 Å². The first-order valence-electron chi connectivity index (χ1n) is 10.2. The van der Waals surface area contributed by atoms with Crippen LogP contribution in [0.15, 0.2) is 42.6 Å². The number of nitrogens with one attached hydrogen (secondary N) is 1. The van der Waals surface area contributed by atoms with E-state index in [1.54, 1.807) is 0 Å². The lowest BCUT2D eigenvalue weighted by Gasteiger charge is -2.32. The molecule has 1 amide bonds. The van der Waals surface area contributed by atoms with Gasteiger partial charge in [-0.05, 0) is 38.0 Å². The second-order valence-corrected chi connectivity index (χ2v) is 7.77. The lowest BCUT2D eigenvalue weighted by atomic mass is 9.96. The molecule has 29 heavy (non-hydrogen) atoms. The van der Waals surface area contributed by atoms with Crippen LogP contribution >= 0.6 is 0 Å². The number of hydrogen-bond acceptors (Lipinski definition) is 5. The molecule has 0 saturated carbocycles. The van der Waals surface area contributed by atoms with Gasteiger partial charge in [-0.3, -0.25) is 4.79 Å². The Balaban J connectivity index is 1.46. The summed E-state index contributed by atoms with van der Waals surface area (Å²) < 4.78 is 2.14. The monoisotopic (exact) mass is 392 g/mol. The minimum absolute atomic E-state index is 0.0193. The van der Waals surface area contributed by atoms with E-state index in [-0.39, 0.29) is 17.9 Å². The third-order valence-electron chi connectivity index (χ3n) is 5.87. The highest BCUT2D eigenvalue weighted by atomic mass is 16.1. The number of anilines is 1. The molecular formula is C22H28N6O. The molecule has 3 aromatic rings. The molecule has 4 rings (SSSR count). The summed E-state index contributed by atoms with van der Waals surface area (Å²) in [6.07, 6.45) is 3.40. The maximum atomic E-state index is 11.4. The summed E-state index contributed by atoms with van der Waals surface area (Å²) in [5.41, 5.74) is 8.76. The van der Waals surface area contributed by atoms with Crippen LogP contribution in [-0.4, -0.2) is 33.5 Å². The second kappa shape index (κ2) is 8.21. The van der Waals surface area contributed by atoms with E-state index < -0.39 is 0 Å². The quantitative estimate of drug-likeness (QED) is 0.673. The van der Waals surface area contributed by atoms with E-state index in [1.807, 2.05) is 30.5 Å². The fourth-order valence-corrected chi connectivity index (χ4v) is 4.13. The van der Waals surface area contributed by atoms with Crippen LogP contribution < -0.4 is 16.0 Å².